The van der Waals surface area contributed by atoms with E-state index in [1.807, 2.05) is 24.3 Å². The summed E-state index contributed by atoms with van der Waals surface area (Å²) in [5.41, 5.74) is 2.37. The van der Waals surface area contributed by atoms with Gasteiger partial charge in [-0.1, -0.05) is 36.4 Å². The van der Waals surface area contributed by atoms with Gasteiger partial charge >= 0.3 is 0 Å². The number of carbonyl (C=O) groups excluding carboxylic acids is 1. The van der Waals surface area contributed by atoms with Crippen LogP contribution < -0.4 is 9.47 Å². The smallest absolute Gasteiger partial charge is 0.226 e. The fraction of sp³-hybridized carbons (Fsp3) is 0.381. The molecule has 2 aromatic rings. The Labute approximate surface area is 148 Å². The third kappa shape index (κ3) is 2.97. The highest BCUT2D eigenvalue weighted by Crippen LogP contribution is 2.51. The highest BCUT2D eigenvalue weighted by Gasteiger charge is 2.58. The first kappa shape index (κ1) is 16.0. The molecule has 3 atom stereocenters. The molecule has 25 heavy (non-hydrogen) atoms. The van der Waals surface area contributed by atoms with Crippen LogP contribution in [0.2, 0.25) is 0 Å². The highest BCUT2D eigenvalue weighted by atomic mass is 16.5. The Hall–Kier alpha value is -2.49. The number of amides is 1. The molecule has 1 aliphatic heterocycles. The van der Waals surface area contributed by atoms with E-state index in [-0.39, 0.29) is 5.92 Å². The van der Waals surface area contributed by atoms with Crippen molar-refractivity contribution in [2.75, 3.05) is 14.2 Å². The maximum atomic E-state index is 12.7. The van der Waals surface area contributed by atoms with Crippen molar-refractivity contribution in [1.29, 1.82) is 0 Å². The summed E-state index contributed by atoms with van der Waals surface area (Å²) in [7, 11) is 3.26. The van der Waals surface area contributed by atoms with E-state index in [1.54, 1.807) is 14.2 Å². The molecule has 2 aromatic carbocycles. The van der Waals surface area contributed by atoms with Gasteiger partial charge in [0, 0.05) is 18.5 Å². The Morgan fingerprint density at radius 2 is 1.76 bits per heavy atom. The van der Waals surface area contributed by atoms with Gasteiger partial charge in [-0.2, -0.15) is 0 Å². The van der Waals surface area contributed by atoms with E-state index < -0.39 is 0 Å². The number of benzene rings is 2. The second-order valence-electron chi connectivity index (χ2n) is 6.92. The molecule has 0 N–H and O–H groups in total. The number of piperidine rings is 1. The summed E-state index contributed by atoms with van der Waals surface area (Å²) >= 11 is 0. The van der Waals surface area contributed by atoms with Gasteiger partial charge < -0.3 is 14.4 Å². The topological polar surface area (TPSA) is 38.8 Å². The summed E-state index contributed by atoms with van der Waals surface area (Å²) in [6, 6.07) is 16.6. The Morgan fingerprint density at radius 1 is 1.00 bits per heavy atom. The maximum Gasteiger partial charge on any atom is 0.226 e. The maximum absolute atomic E-state index is 12.7. The van der Waals surface area contributed by atoms with Crippen LogP contribution in [0.15, 0.2) is 48.5 Å². The Bertz CT molecular complexity index is 774. The van der Waals surface area contributed by atoms with Crippen LogP contribution in [0.1, 0.15) is 17.5 Å². The van der Waals surface area contributed by atoms with Gasteiger partial charge in [0.25, 0.3) is 0 Å². The van der Waals surface area contributed by atoms with E-state index in [1.165, 1.54) is 5.56 Å². The summed E-state index contributed by atoms with van der Waals surface area (Å²) in [5.74, 6) is 2.49. The fourth-order valence-corrected chi connectivity index (χ4v) is 4.02. The average molecular weight is 337 g/mol. The quantitative estimate of drug-likeness (QED) is 0.812. The van der Waals surface area contributed by atoms with Gasteiger partial charge in [0.2, 0.25) is 5.91 Å². The summed E-state index contributed by atoms with van der Waals surface area (Å²) in [6.45, 7) is 0.629. The Morgan fingerprint density at radius 3 is 2.48 bits per heavy atom. The minimum absolute atomic E-state index is 0.244. The molecule has 130 valence electrons. The Balaban J connectivity index is 1.55. The van der Waals surface area contributed by atoms with Crippen LogP contribution in [-0.4, -0.2) is 31.1 Å². The van der Waals surface area contributed by atoms with Crippen LogP contribution in [0, 0.1) is 11.8 Å². The van der Waals surface area contributed by atoms with E-state index in [0.29, 0.717) is 35.9 Å². The number of fused-ring (bicyclic) bond motifs is 1. The molecule has 2 aliphatic rings. The molecule has 4 heteroatoms. The van der Waals surface area contributed by atoms with Gasteiger partial charge in [-0.25, -0.2) is 0 Å². The SMILES string of the molecule is COc1ccc(CN2C(=O)[C@@H]3C[C@@H]3[C@@H]2Cc2ccccc2)cc1OC. The lowest BCUT2D eigenvalue weighted by molar-refractivity contribution is -0.132. The van der Waals surface area contributed by atoms with Crippen molar-refractivity contribution in [3.63, 3.8) is 0 Å². The summed E-state index contributed by atoms with van der Waals surface area (Å²) in [5, 5.41) is 0. The van der Waals surface area contributed by atoms with Crippen molar-refractivity contribution in [3.05, 3.63) is 59.7 Å². The predicted molar refractivity (Wildman–Crippen MR) is 95.6 cm³/mol. The zero-order chi connectivity index (χ0) is 17.4. The zero-order valence-electron chi connectivity index (χ0n) is 14.6. The molecule has 0 unspecified atom stereocenters. The number of hydrogen-bond acceptors (Lipinski definition) is 3. The van der Waals surface area contributed by atoms with Crippen LogP contribution >= 0.6 is 0 Å². The molecule has 1 heterocycles. The van der Waals surface area contributed by atoms with Crippen LogP contribution in [-0.2, 0) is 17.8 Å². The first-order valence-corrected chi connectivity index (χ1v) is 8.76. The third-order valence-corrected chi connectivity index (χ3v) is 5.42. The molecule has 4 rings (SSSR count). The molecule has 1 saturated carbocycles. The van der Waals surface area contributed by atoms with Crippen LogP contribution in [0.25, 0.3) is 0 Å². The van der Waals surface area contributed by atoms with E-state index in [4.69, 9.17) is 9.47 Å². The predicted octanol–water partition coefficient (Wildman–Crippen LogP) is 3.29. The van der Waals surface area contributed by atoms with Gasteiger partial charge in [-0.3, -0.25) is 4.79 Å². The van der Waals surface area contributed by atoms with E-state index >= 15 is 0 Å². The fourth-order valence-electron chi connectivity index (χ4n) is 4.02. The molecule has 0 bridgehead atoms. The number of nitrogens with zero attached hydrogens (tertiary/aromatic N) is 1. The van der Waals surface area contributed by atoms with Crippen LogP contribution in [0.5, 0.6) is 11.5 Å². The van der Waals surface area contributed by atoms with Crippen LogP contribution in [0.4, 0.5) is 0 Å². The van der Waals surface area contributed by atoms with Gasteiger partial charge in [0.1, 0.15) is 0 Å². The second-order valence-corrected chi connectivity index (χ2v) is 6.92. The lowest BCUT2D eigenvalue weighted by Gasteiger charge is -2.28. The average Bonchev–Trinajstić information content (AvgIpc) is 3.40. The summed E-state index contributed by atoms with van der Waals surface area (Å²) < 4.78 is 10.7. The van der Waals surface area contributed by atoms with Crippen molar-refractivity contribution >= 4 is 5.91 Å². The number of carbonyl (C=O) groups is 1. The standard InChI is InChI=1S/C21H23NO3/c1-24-19-9-8-15(11-20(19)25-2)13-22-18(16-12-17(16)21(22)23)10-14-6-4-3-5-7-14/h3-9,11,16-18H,10,12-13H2,1-2H3/t16-,17+,18-/m0/s1. The monoisotopic (exact) mass is 337 g/mol. The van der Waals surface area contributed by atoms with E-state index in [0.717, 1.165) is 18.4 Å². The van der Waals surface area contributed by atoms with E-state index in [9.17, 15) is 4.79 Å². The third-order valence-electron chi connectivity index (χ3n) is 5.42. The molecule has 0 aromatic heterocycles. The highest BCUT2D eigenvalue weighted by molar-refractivity contribution is 5.85. The number of ether oxygens (including phenoxy) is 2. The molecule has 0 radical (unpaired) electrons. The summed E-state index contributed by atoms with van der Waals surface area (Å²) in [4.78, 5) is 14.8. The van der Waals surface area contributed by atoms with Gasteiger partial charge in [0.05, 0.1) is 14.2 Å². The molecule has 1 amide bonds. The van der Waals surface area contributed by atoms with Gasteiger partial charge in [-0.05, 0) is 42.0 Å². The van der Waals surface area contributed by atoms with Crippen molar-refractivity contribution in [1.82, 2.24) is 4.90 Å². The normalized spacial score (nSPS) is 24.2. The van der Waals surface area contributed by atoms with Gasteiger partial charge in [-0.15, -0.1) is 0 Å². The largest absolute Gasteiger partial charge is 0.493 e. The molecular formula is C21H23NO3. The Kier molecular flexibility index (Phi) is 4.12. The first-order chi connectivity index (χ1) is 12.2. The van der Waals surface area contributed by atoms with Gasteiger partial charge in [0.15, 0.2) is 11.5 Å². The zero-order valence-corrected chi connectivity index (χ0v) is 14.6. The molecule has 1 saturated heterocycles. The minimum Gasteiger partial charge on any atom is -0.493 e. The minimum atomic E-state index is 0.244. The first-order valence-electron chi connectivity index (χ1n) is 8.76. The number of rotatable bonds is 6. The lowest BCUT2D eigenvalue weighted by Crippen LogP contribution is -2.37. The van der Waals surface area contributed by atoms with E-state index in [2.05, 4.69) is 29.2 Å². The number of methoxy groups -OCH3 is 2. The molecule has 2 fully saturated rings. The summed E-state index contributed by atoms with van der Waals surface area (Å²) in [6.07, 6.45) is 1.99. The van der Waals surface area contributed by atoms with Crippen molar-refractivity contribution in [2.24, 2.45) is 11.8 Å². The molecule has 4 nitrogen and oxygen atoms in total. The number of likely N-dealkylation sites (tertiary alicyclic amines) is 1. The van der Waals surface area contributed by atoms with Crippen molar-refractivity contribution < 1.29 is 14.3 Å². The molecular weight excluding hydrogens is 314 g/mol. The van der Waals surface area contributed by atoms with Crippen molar-refractivity contribution in [3.8, 4) is 11.5 Å². The number of hydrogen-bond donors (Lipinski definition) is 0. The second kappa shape index (κ2) is 6.43. The van der Waals surface area contributed by atoms with Crippen molar-refractivity contribution in [2.45, 2.75) is 25.4 Å². The van der Waals surface area contributed by atoms with Crippen LogP contribution in [0.3, 0.4) is 0 Å². The molecule has 1 aliphatic carbocycles. The molecule has 0 spiro atoms. The lowest BCUT2D eigenvalue weighted by atomic mass is 10.0.